The van der Waals surface area contributed by atoms with Crippen molar-refractivity contribution in [3.8, 4) is 0 Å². The first-order valence-electron chi connectivity index (χ1n) is 5.22. The number of aromatic nitrogens is 3. The van der Waals surface area contributed by atoms with Gasteiger partial charge in [0.25, 0.3) is 0 Å². The van der Waals surface area contributed by atoms with Crippen LogP contribution in [-0.4, -0.2) is 23.4 Å². The third-order valence-corrected chi connectivity index (χ3v) is 3.86. The van der Waals surface area contributed by atoms with Gasteiger partial charge in [0.05, 0.1) is 6.04 Å². The molecule has 0 saturated heterocycles. The molecule has 0 radical (unpaired) electrons. The number of nitrogens with zero attached hydrogens (tertiary/aromatic N) is 2. The zero-order chi connectivity index (χ0) is 13.2. The summed E-state index contributed by atoms with van der Waals surface area (Å²) in [6.07, 6.45) is 4.41. The van der Waals surface area contributed by atoms with Gasteiger partial charge in [-0.15, -0.1) is 0 Å². The van der Waals surface area contributed by atoms with Crippen molar-refractivity contribution >= 4 is 15.8 Å². The van der Waals surface area contributed by atoms with E-state index in [0.29, 0.717) is 5.82 Å². The number of hydrogen-bond acceptors (Lipinski definition) is 5. The van der Waals surface area contributed by atoms with Gasteiger partial charge in [0.2, 0.25) is 10.0 Å². The molecule has 0 aliphatic carbocycles. The second-order valence-corrected chi connectivity index (χ2v) is 5.45. The molecule has 7 nitrogen and oxygen atoms in total. The standard InChI is InChI=1S/C10H13N5O2S/c1-7(10-12-4-5-13-10)15-18(16,17)8-2-3-9(11)14-6-8/h2-7,15H,1H3,(H2,11,14)(H,12,13). The molecule has 1 unspecified atom stereocenters. The Bertz CT molecular complexity index is 606. The number of hydrogen-bond donors (Lipinski definition) is 3. The summed E-state index contributed by atoms with van der Waals surface area (Å²) in [7, 11) is -3.63. The predicted octanol–water partition coefficient (Wildman–Crippen LogP) is 0.426. The number of nitrogens with two attached hydrogens (primary N) is 1. The molecule has 96 valence electrons. The SMILES string of the molecule is CC(NS(=O)(=O)c1ccc(N)nc1)c1ncc[nH]1. The van der Waals surface area contributed by atoms with Gasteiger partial charge in [0.15, 0.2) is 0 Å². The van der Waals surface area contributed by atoms with E-state index >= 15 is 0 Å². The van der Waals surface area contributed by atoms with Crippen LogP contribution in [0.1, 0.15) is 18.8 Å². The van der Waals surface area contributed by atoms with Gasteiger partial charge in [-0.25, -0.2) is 23.1 Å². The van der Waals surface area contributed by atoms with Gasteiger partial charge in [0, 0.05) is 18.6 Å². The first-order chi connectivity index (χ1) is 8.49. The van der Waals surface area contributed by atoms with E-state index in [9.17, 15) is 8.42 Å². The van der Waals surface area contributed by atoms with Crippen molar-refractivity contribution in [1.82, 2.24) is 19.7 Å². The number of rotatable bonds is 4. The Labute approximate surface area is 105 Å². The van der Waals surface area contributed by atoms with Crippen LogP contribution in [0.25, 0.3) is 0 Å². The third-order valence-electron chi connectivity index (χ3n) is 2.33. The Morgan fingerprint density at radius 1 is 1.39 bits per heavy atom. The van der Waals surface area contributed by atoms with Crippen LogP contribution < -0.4 is 10.5 Å². The summed E-state index contributed by atoms with van der Waals surface area (Å²) in [4.78, 5) is 10.7. The van der Waals surface area contributed by atoms with Gasteiger partial charge in [-0.05, 0) is 19.1 Å². The fourth-order valence-electron chi connectivity index (χ4n) is 1.42. The average molecular weight is 267 g/mol. The Hall–Kier alpha value is -1.93. The van der Waals surface area contributed by atoms with E-state index in [-0.39, 0.29) is 10.7 Å². The van der Waals surface area contributed by atoms with Gasteiger partial charge in [-0.2, -0.15) is 0 Å². The smallest absolute Gasteiger partial charge is 0.242 e. The predicted molar refractivity (Wildman–Crippen MR) is 66.0 cm³/mol. The maximum atomic E-state index is 12.0. The van der Waals surface area contributed by atoms with Crippen LogP contribution in [0.15, 0.2) is 35.6 Å². The summed E-state index contributed by atoms with van der Waals surface area (Å²) in [6, 6.07) is 2.38. The van der Waals surface area contributed by atoms with E-state index in [4.69, 9.17) is 5.73 Å². The second kappa shape index (κ2) is 4.75. The lowest BCUT2D eigenvalue weighted by molar-refractivity contribution is 0.561. The van der Waals surface area contributed by atoms with Crippen LogP contribution >= 0.6 is 0 Å². The van der Waals surface area contributed by atoms with Crippen LogP contribution in [0.3, 0.4) is 0 Å². The van der Waals surface area contributed by atoms with Crippen LogP contribution in [0.4, 0.5) is 5.82 Å². The Morgan fingerprint density at radius 3 is 2.72 bits per heavy atom. The molecule has 18 heavy (non-hydrogen) atoms. The van der Waals surface area contributed by atoms with Crippen molar-refractivity contribution in [1.29, 1.82) is 0 Å². The van der Waals surface area contributed by atoms with Gasteiger partial charge < -0.3 is 10.7 Å². The highest BCUT2D eigenvalue weighted by Gasteiger charge is 2.19. The molecule has 0 saturated carbocycles. The lowest BCUT2D eigenvalue weighted by Crippen LogP contribution is -2.27. The van der Waals surface area contributed by atoms with Gasteiger partial charge in [-0.3, -0.25) is 0 Å². The first kappa shape index (κ1) is 12.5. The van der Waals surface area contributed by atoms with Crippen molar-refractivity contribution in [2.45, 2.75) is 17.9 Å². The molecular weight excluding hydrogens is 254 g/mol. The molecule has 1 atom stereocenters. The molecule has 2 rings (SSSR count). The Balaban J connectivity index is 2.20. The van der Waals surface area contributed by atoms with Crippen molar-refractivity contribution in [3.63, 3.8) is 0 Å². The topological polar surface area (TPSA) is 114 Å². The molecule has 0 fully saturated rings. The molecule has 0 amide bonds. The molecular formula is C10H13N5O2S. The molecule has 2 aromatic heterocycles. The molecule has 0 aromatic carbocycles. The quantitative estimate of drug-likeness (QED) is 0.743. The normalized spacial score (nSPS) is 13.4. The Morgan fingerprint density at radius 2 is 2.17 bits per heavy atom. The molecule has 4 N–H and O–H groups in total. The van der Waals surface area contributed by atoms with Crippen LogP contribution in [0.2, 0.25) is 0 Å². The van der Waals surface area contributed by atoms with Gasteiger partial charge in [0.1, 0.15) is 16.5 Å². The van der Waals surface area contributed by atoms with E-state index in [0.717, 1.165) is 0 Å². The minimum atomic E-state index is -3.63. The zero-order valence-electron chi connectivity index (χ0n) is 9.66. The van der Waals surface area contributed by atoms with Crippen molar-refractivity contribution in [2.24, 2.45) is 0 Å². The highest BCUT2D eigenvalue weighted by atomic mass is 32.2. The molecule has 8 heteroatoms. The largest absolute Gasteiger partial charge is 0.384 e. The summed E-state index contributed by atoms with van der Waals surface area (Å²) in [6.45, 7) is 1.70. The van der Waals surface area contributed by atoms with Crippen molar-refractivity contribution < 1.29 is 8.42 Å². The fraction of sp³-hybridized carbons (Fsp3) is 0.200. The minimum absolute atomic E-state index is 0.0649. The Kier molecular flexibility index (Phi) is 3.30. The monoisotopic (exact) mass is 267 g/mol. The number of nitrogens with one attached hydrogen (secondary N) is 2. The lowest BCUT2D eigenvalue weighted by Gasteiger charge is -2.11. The van der Waals surface area contributed by atoms with E-state index in [1.54, 1.807) is 19.3 Å². The number of sulfonamides is 1. The summed E-state index contributed by atoms with van der Waals surface area (Å²) < 4.78 is 26.5. The second-order valence-electron chi connectivity index (χ2n) is 3.74. The summed E-state index contributed by atoms with van der Waals surface area (Å²) in [5.41, 5.74) is 5.41. The van der Waals surface area contributed by atoms with E-state index in [1.165, 1.54) is 18.3 Å². The number of anilines is 1. The molecule has 0 aliphatic rings. The third kappa shape index (κ3) is 2.66. The zero-order valence-corrected chi connectivity index (χ0v) is 10.5. The van der Waals surface area contributed by atoms with Crippen LogP contribution in [0.5, 0.6) is 0 Å². The maximum absolute atomic E-state index is 12.0. The average Bonchev–Trinajstić information content (AvgIpc) is 2.82. The van der Waals surface area contributed by atoms with E-state index in [2.05, 4.69) is 19.7 Å². The van der Waals surface area contributed by atoms with E-state index < -0.39 is 16.1 Å². The van der Waals surface area contributed by atoms with Crippen molar-refractivity contribution in [2.75, 3.05) is 5.73 Å². The number of aromatic amines is 1. The van der Waals surface area contributed by atoms with Gasteiger partial charge >= 0.3 is 0 Å². The summed E-state index contributed by atoms with van der Waals surface area (Å²) >= 11 is 0. The minimum Gasteiger partial charge on any atom is -0.384 e. The number of nitrogen functional groups attached to an aromatic ring is 1. The number of H-pyrrole nitrogens is 1. The maximum Gasteiger partial charge on any atom is 0.242 e. The molecule has 2 aromatic rings. The van der Waals surface area contributed by atoms with E-state index in [1.807, 2.05) is 0 Å². The number of pyridine rings is 1. The van der Waals surface area contributed by atoms with Crippen LogP contribution in [-0.2, 0) is 10.0 Å². The van der Waals surface area contributed by atoms with Crippen molar-refractivity contribution in [3.05, 3.63) is 36.5 Å². The molecule has 0 bridgehead atoms. The molecule has 0 spiro atoms. The molecule has 0 aliphatic heterocycles. The highest BCUT2D eigenvalue weighted by molar-refractivity contribution is 7.89. The van der Waals surface area contributed by atoms with Gasteiger partial charge in [-0.1, -0.05) is 0 Å². The fourth-order valence-corrected chi connectivity index (χ4v) is 2.57. The highest BCUT2D eigenvalue weighted by Crippen LogP contribution is 2.13. The summed E-state index contributed by atoms with van der Waals surface area (Å²) in [5, 5.41) is 0. The molecule has 2 heterocycles. The lowest BCUT2D eigenvalue weighted by atomic mass is 10.3. The van der Waals surface area contributed by atoms with Crippen LogP contribution in [0, 0.1) is 0 Å². The first-order valence-corrected chi connectivity index (χ1v) is 6.70. The number of imidazole rings is 1. The summed E-state index contributed by atoms with van der Waals surface area (Å²) in [5.74, 6) is 0.815.